The van der Waals surface area contributed by atoms with E-state index in [1.54, 1.807) is 24.3 Å². The number of phenolic OH excluding ortho intramolecular Hbond substituents is 2. The Morgan fingerprint density at radius 2 is 1.14 bits per heavy atom. The van der Waals surface area contributed by atoms with E-state index in [0.717, 1.165) is 0 Å². The van der Waals surface area contributed by atoms with Crippen LogP contribution in [0.2, 0.25) is 0 Å². The molecule has 0 saturated carbocycles. The molecule has 0 amide bonds. The summed E-state index contributed by atoms with van der Waals surface area (Å²) in [7, 11) is 0. The Hall–Kier alpha value is -0.560. The normalized spacial score (nSPS) is 9.18. The molecule has 2 rings (SSSR count). The molecule has 112 valence electrons. The molecule has 22 heavy (non-hydrogen) atoms. The van der Waals surface area contributed by atoms with E-state index >= 15 is 0 Å². The Bertz CT molecular complexity index is 685. The molecule has 0 atom stereocenters. The van der Waals surface area contributed by atoms with Gasteiger partial charge in [-0.25, -0.2) is 0 Å². The number of hydrogen-bond acceptors (Lipinski definition) is 4. The molecule has 0 spiro atoms. The van der Waals surface area contributed by atoms with Crippen molar-refractivity contribution in [3.63, 3.8) is 0 Å². The van der Waals surface area contributed by atoms with Crippen molar-refractivity contribution in [2.75, 3.05) is 0 Å². The van der Waals surface area contributed by atoms with Crippen LogP contribution in [0, 0.1) is 29.8 Å². The summed E-state index contributed by atoms with van der Waals surface area (Å²) in [6.07, 6.45) is 0. The number of phenols is 2. The van der Waals surface area contributed by atoms with Gasteiger partial charge in [-0.05, 0) is 101 Å². The van der Waals surface area contributed by atoms with Crippen molar-refractivity contribution < 1.29 is 10.2 Å². The monoisotopic (exact) mass is 646 g/mol. The van der Waals surface area contributed by atoms with Gasteiger partial charge in [0.25, 0.3) is 0 Å². The predicted octanol–water partition coefficient (Wildman–Crippen LogP) is 5.26. The molecule has 0 saturated heterocycles. The van der Waals surface area contributed by atoms with Gasteiger partial charge in [-0.3, -0.25) is 0 Å². The Balaban J connectivity index is 0.000000220. The van der Waals surface area contributed by atoms with E-state index in [2.05, 4.69) is 31.9 Å². The summed E-state index contributed by atoms with van der Waals surface area (Å²) in [5.74, 6) is 0.370. The summed E-state index contributed by atoms with van der Waals surface area (Å²) in [5.41, 5.74) is 1.08. The van der Waals surface area contributed by atoms with Crippen molar-refractivity contribution >= 4 is 77.0 Å². The van der Waals surface area contributed by atoms with Gasteiger partial charge in [-0.2, -0.15) is 10.5 Å². The molecule has 0 fully saturated rings. The topological polar surface area (TPSA) is 88.0 Å². The fraction of sp³-hybridized carbons (Fsp3) is 0. The molecule has 0 bridgehead atoms. The quantitative estimate of drug-likeness (QED) is 0.382. The van der Waals surface area contributed by atoms with Crippen LogP contribution in [0.5, 0.6) is 11.5 Å². The van der Waals surface area contributed by atoms with Gasteiger partial charge in [0.15, 0.2) is 0 Å². The molecule has 2 N–H and O–H groups in total. The first-order valence-electron chi connectivity index (χ1n) is 5.46. The maximum Gasteiger partial charge on any atom is 0.144 e. The van der Waals surface area contributed by atoms with E-state index < -0.39 is 0 Å². The standard InChI is InChI=1S/C7H3Br2NO.C7H3I2NO/c2*8-5-1-4(3-10)2-6(9)7(5)11/h2*1-2,11H. The number of nitriles is 2. The number of halogens is 4. The number of hydrogen-bond donors (Lipinski definition) is 2. The second-order valence-electron chi connectivity index (χ2n) is 3.80. The van der Waals surface area contributed by atoms with Crippen molar-refractivity contribution in [2.24, 2.45) is 0 Å². The number of benzene rings is 2. The Kier molecular flexibility index (Phi) is 7.89. The van der Waals surface area contributed by atoms with E-state index in [4.69, 9.17) is 10.5 Å². The molecule has 4 nitrogen and oxygen atoms in total. The molecule has 0 unspecified atom stereocenters. The van der Waals surface area contributed by atoms with Crippen molar-refractivity contribution in [2.45, 2.75) is 0 Å². The Labute approximate surface area is 171 Å². The minimum atomic E-state index is 0.115. The summed E-state index contributed by atoms with van der Waals surface area (Å²) in [5, 5.41) is 35.6. The van der Waals surface area contributed by atoms with Crippen LogP contribution < -0.4 is 0 Å². The zero-order chi connectivity index (χ0) is 16.9. The second-order valence-corrected chi connectivity index (χ2v) is 7.83. The summed E-state index contributed by atoms with van der Waals surface area (Å²) >= 11 is 10.2. The van der Waals surface area contributed by atoms with Gasteiger partial charge in [0.05, 0.1) is 39.4 Å². The molecule has 0 aromatic heterocycles. The van der Waals surface area contributed by atoms with Crippen LogP contribution in [0.3, 0.4) is 0 Å². The fourth-order valence-electron chi connectivity index (χ4n) is 1.26. The van der Waals surface area contributed by atoms with Crippen LogP contribution in [0.25, 0.3) is 0 Å². The minimum Gasteiger partial charge on any atom is -0.506 e. The lowest BCUT2D eigenvalue weighted by atomic mass is 10.2. The first-order chi connectivity index (χ1) is 10.3. The summed E-state index contributed by atoms with van der Waals surface area (Å²) < 4.78 is 2.46. The summed E-state index contributed by atoms with van der Waals surface area (Å²) in [6.45, 7) is 0. The molecule has 2 aromatic rings. The van der Waals surface area contributed by atoms with Gasteiger partial charge < -0.3 is 10.2 Å². The lowest BCUT2D eigenvalue weighted by Crippen LogP contribution is -1.82. The van der Waals surface area contributed by atoms with Crippen LogP contribution in [0.15, 0.2) is 33.2 Å². The van der Waals surface area contributed by atoms with Crippen molar-refractivity contribution in [3.05, 3.63) is 51.5 Å². The largest absolute Gasteiger partial charge is 0.506 e. The fourth-order valence-corrected chi connectivity index (χ4v) is 4.21. The molecule has 0 heterocycles. The molecule has 2 aromatic carbocycles. The van der Waals surface area contributed by atoms with Crippen LogP contribution in [-0.4, -0.2) is 10.2 Å². The van der Waals surface area contributed by atoms with Crippen LogP contribution in [-0.2, 0) is 0 Å². The smallest absolute Gasteiger partial charge is 0.144 e. The van der Waals surface area contributed by atoms with Crippen molar-refractivity contribution in [3.8, 4) is 23.6 Å². The van der Waals surface area contributed by atoms with Gasteiger partial charge in [-0.15, -0.1) is 0 Å². The van der Waals surface area contributed by atoms with Gasteiger partial charge in [0.2, 0.25) is 0 Å². The molecule has 0 aliphatic rings. The van der Waals surface area contributed by atoms with E-state index in [-0.39, 0.29) is 11.5 Å². The molecular formula is C14H6Br2I2N2O2. The summed E-state index contributed by atoms with van der Waals surface area (Å²) in [6, 6.07) is 10.4. The molecule has 0 aliphatic heterocycles. The lowest BCUT2D eigenvalue weighted by Gasteiger charge is -1.99. The third kappa shape index (κ3) is 5.26. The highest BCUT2D eigenvalue weighted by Gasteiger charge is 2.05. The second kappa shape index (κ2) is 8.91. The lowest BCUT2D eigenvalue weighted by molar-refractivity contribution is 0.467. The minimum absolute atomic E-state index is 0.115. The SMILES string of the molecule is N#Cc1cc(Br)c(O)c(Br)c1.N#Cc1cc(I)c(O)c(I)c1. The molecular weight excluding hydrogens is 642 g/mol. The molecule has 0 radical (unpaired) electrons. The highest BCUT2D eigenvalue weighted by atomic mass is 127. The highest BCUT2D eigenvalue weighted by molar-refractivity contribution is 14.1. The van der Waals surface area contributed by atoms with E-state index in [0.29, 0.717) is 27.2 Å². The maximum atomic E-state index is 9.30. The Morgan fingerprint density at radius 3 is 1.50 bits per heavy atom. The predicted molar refractivity (Wildman–Crippen MR) is 106 cm³/mol. The average Bonchev–Trinajstić information content (AvgIpc) is 2.49. The first-order valence-corrected chi connectivity index (χ1v) is 9.20. The van der Waals surface area contributed by atoms with E-state index in [1.807, 2.05) is 57.3 Å². The first kappa shape index (κ1) is 19.5. The zero-order valence-corrected chi connectivity index (χ0v) is 18.1. The van der Waals surface area contributed by atoms with Crippen LogP contribution >= 0.6 is 77.0 Å². The molecule has 8 heteroatoms. The number of rotatable bonds is 0. The van der Waals surface area contributed by atoms with E-state index in [1.165, 1.54) is 0 Å². The zero-order valence-electron chi connectivity index (χ0n) is 10.6. The average molecular weight is 648 g/mol. The van der Waals surface area contributed by atoms with Crippen molar-refractivity contribution in [1.29, 1.82) is 10.5 Å². The van der Waals surface area contributed by atoms with Gasteiger partial charge in [-0.1, -0.05) is 0 Å². The highest BCUT2D eigenvalue weighted by Crippen LogP contribution is 2.32. The van der Waals surface area contributed by atoms with Crippen LogP contribution in [0.4, 0.5) is 0 Å². The van der Waals surface area contributed by atoms with Gasteiger partial charge >= 0.3 is 0 Å². The van der Waals surface area contributed by atoms with Crippen LogP contribution in [0.1, 0.15) is 11.1 Å². The maximum absolute atomic E-state index is 9.30. The molecule has 0 aliphatic carbocycles. The number of nitrogens with zero attached hydrogens (tertiary/aromatic N) is 2. The van der Waals surface area contributed by atoms with Gasteiger partial charge in [0, 0.05) is 0 Å². The third-order valence-electron chi connectivity index (χ3n) is 2.29. The van der Waals surface area contributed by atoms with E-state index in [9.17, 15) is 10.2 Å². The Morgan fingerprint density at radius 1 is 0.773 bits per heavy atom. The van der Waals surface area contributed by atoms with Gasteiger partial charge in [0.1, 0.15) is 11.5 Å². The van der Waals surface area contributed by atoms with Crippen molar-refractivity contribution in [1.82, 2.24) is 0 Å². The number of aromatic hydroxyl groups is 2. The third-order valence-corrected chi connectivity index (χ3v) is 5.15. The summed E-state index contributed by atoms with van der Waals surface area (Å²) in [4.78, 5) is 0.